The van der Waals surface area contributed by atoms with E-state index in [0.717, 1.165) is 12.8 Å². The van der Waals surface area contributed by atoms with Gasteiger partial charge in [-0.2, -0.15) is 11.8 Å². The Kier molecular flexibility index (Phi) is 7.12. The van der Waals surface area contributed by atoms with Crippen molar-refractivity contribution in [3.05, 3.63) is 35.9 Å². The minimum atomic E-state index is -1.05. The molecule has 0 unspecified atom stereocenters. The van der Waals surface area contributed by atoms with Crippen molar-refractivity contribution in [3.63, 3.8) is 0 Å². The van der Waals surface area contributed by atoms with Crippen LogP contribution in [0.25, 0.3) is 0 Å². The molecule has 1 saturated carbocycles. The molecule has 25 heavy (non-hydrogen) atoms. The lowest BCUT2D eigenvalue weighted by atomic mass is 10.1. The number of amides is 3. The normalized spacial score (nSPS) is 15.7. The van der Waals surface area contributed by atoms with Gasteiger partial charge in [0.2, 0.25) is 6.10 Å². The van der Waals surface area contributed by atoms with Crippen molar-refractivity contribution in [2.45, 2.75) is 37.5 Å². The van der Waals surface area contributed by atoms with Crippen molar-refractivity contribution in [2.75, 3.05) is 12.0 Å². The lowest BCUT2D eigenvalue weighted by molar-refractivity contribution is -0.158. The summed E-state index contributed by atoms with van der Waals surface area (Å²) < 4.78 is 5.46. The number of ether oxygens (including phenoxy) is 1. The van der Waals surface area contributed by atoms with Gasteiger partial charge in [0.15, 0.2) is 0 Å². The Morgan fingerprint density at radius 2 is 1.96 bits per heavy atom. The zero-order valence-corrected chi connectivity index (χ0v) is 14.9. The molecule has 136 valence electrons. The summed E-state index contributed by atoms with van der Waals surface area (Å²) >= 11 is 1.53. The molecule has 1 aliphatic rings. The van der Waals surface area contributed by atoms with Crippen LogP contribution in [0.2, 0.25) is 0 Å². The lowest BCUT2D eigenvalue weighted by Crippen LogP contribution is -2.46. The average molecular weight is 365 g/mol. The van der Waals surface area contributed by atoms with Gasteiger partial charge in [0.1, 0.15) is 6.04 Å². The number of hydrogen-bond acceptors (Lipinski definition) is 5. The fourth-order valence-corrected chi connectivity index (χ4v) is 2.73. The Bertz CT molecular complexity index is 607. The molecule has 0 heterocycles. The number of hydrogen-bond donors (Lipinski definition) is 3. The monoisotopic (exact) mass is 365 g/mol. The molecule has 0 saturated heterocycles. The molecule has 1 aromatic carbocycles. The van der Waals surface area contributed by atoms with E-state index in [-0.39, 0.29) is 11.9 Å². The summed E-state index contributed by atoms with van der Waals surface area (Å²) in [7, 11) is 0. The maximum atomic E-state index is 12.5. The highest BCUT2D eigenvalue weighted by molar-refractivity contribution is 7.98. The molecular formula is C17H23N3O4S. The minimum absolute atomic E-state index is 0.147. The van der Waals surface area contributed by atoms with E-state index in [1.54, 1.807) is 24.3 Å². The molecule has 1 fully saturated rings. The quantitative estimate of drug-likeness (QED) is 0.572. The van der Waals surface area contributed by atoms with Crippen LogP contribution in [-0.2, 0) is 14.3 Å². The highest BCUT2D eigenvalue weighted by Gasteiger charge is 2.32. The molecular weight excluding hydrogens is 342 g/mol. The van der Waals surface area contributed by atoms with Gasteiger partial charge in [-0.3, -0.25) is 4.79 Å². The van der Waals surface area contributed by atoms with Crippen LogP contribution in [0.1, 0.15) is 30.9 Å². The Morgan fingerprint density at radius 1 is 1.28 bits per heavy atom. The van der Waals surface area contributed by atoms with E-state index < -0.39 is 24.1 Å². The SMILES string of the molecule is CSCC[C@H](NC(N)=O)C(=O)O[C@H](C(=O)NC1CC1)c1ccccc1. The molecule has 4 N–H and O–H groups in total. The topological polar surface area (TPSA) is 111 Å². The Morgan fingerprint density at radius 3 is 2.52 bits per heavy atom. The summed E-state index contributed by atoms with van der Waals surface area (Å²) in [6.45, 7) is 0. The molecule has 1 aliphatic carbocycles. The van der Waals surface area contributed by atoms with Gasteiger partial charge in [0.25, 0.3) is 5.91 Å². The van der Waals surface area contributed by atoms with Gasteiger partial charge in [-0.15, -0.1) is 0 Å². The summed E-state index contributed by atoms with van der Waals surface area (Å²) in [5.74, 6) is -0.387. The van der Waals surface area contributed by atoms with Crippen LogP contribution in [0, 0.1) is 0 Å². The first kappa shape index (κ1) is 19.1. The third kappa shape index (κ3) is 6.30. The summed E-state index contributed by atoms with van der Waals surface area (Å²) in [6.07, 6.45) is 3.07. The van der Waals surface area contributed by atoms with Crippen LogP contribution in [0.5, 0.6) is 0 Å². The predicted octanol–water partition coefficient (Wildman–Crippen LogP) is 1.34. The van der Waals surface area contributed by atoms with Crippen molar-refractivity contribution < 1.29 is 19.1 Å². The van der Waals surface area contributed by atoms with Gasteiger partial charge in [-0.25, -0.2) is 9.59 Å². The number of benzene rings is 1. The number of carbonyl (C=O) groups is 3. The Hall–Kier alpha value is -2.22. The zero-order chi connectivity index (χ0) is 18.2. The first-order chi connectivity index (χ1) is 12.0. The summed E-state index contributed by atoms with van der Waals surface area (Å²) in [4.78, 5) is 36.1. The van der Waals surface area contributed by atoms with Crippen molar-refractivity contribution in [3.8, 4) is 0 Å². The maximum absolute atomic E-state index is 12.5. The molecule has 3 amide bonds. The number of esters is 1. The third-order valence-corrected chi connectivity index (χ3v) is 4.35. The van der Waals surface area contributed by atoms with E-state index in [1.807, 2.05) is 12.3 Å². The predicted molar refractivity (Wildman–Crippen MR) is 95.9 cm³/mol. The molecule has 1 aromatic rings. The highest BCUT2D eigenvalue weighted by Crippen LogP contribution is 2.23. The van der Waals surface area contributed by atoms with Crippen LogP contribution in [0.3, 0.4) is 0 Å². The number of rotatable bonds is 9. The van der Waals surface area contributed by atoms with E-state index in [4.69, 9.17) is 10.5 Å². The molecule has 0 aromatic heterocycles. The van der Waals surface area contributed by atoms with Crippen molar-refractivity contribution in [1.29, 1.82) is 0 Å². The molecule has 0 bridgehead atoms. The number of thioether (sulfide) groups is 1. The Labute approximate surface area is 151 Å². The van der Waals surface area contributed by atoms with Gasteiger partial charge >= 0.3 is 12.0 Å². The van der Waals surface area contributed by atoms with Gasteiger partial charge in [0, 0.05) is 11.6 Å². The van der Waals surface area contributed by atoms with Crippen LogP contribution < -0.4 is 16.4 Å². The molecule has 2 atom stereocenters. The second kappa shape index (κ2) is 9.31. The van der Waals surface area contributed by atoms with Crippen molar-refractivity contribution in [1.82, 2.24) is 10.6 Å². The summed E-state index contributed by atoms with van der Waals surface area (Å²) in [5, 5.41) is 5.23. The standard InChI is InChI=1S/C17H23N3O4S/c1-25-10-9-13(20-17(18)23)16(22)24-14(11-5-3-2-4-6-11)15(21)19-12-7-8-12/h2-6,12-14H,7-10H2,1H3,(H,19,21)(H3,18,20,23)/t13-,14-/m0/s1. The zero-order valence-electron chi connectivity index (χ0n) is 14.1. The fraction of sp³-hybridized carbons (Fsp3) is 0.471. The third-order valence-electron chi connectivity index (χ3n) is 3.71. The average Bonchev–Trinajstić information content (AvgIpc) is 3.40. The van der Waals surface area contributed by atoms with Crippen molar-refractivity contribution in [2.24, 2.45) is 5.73 Å². The van der Waals surface area contributed by atoms with Crippen LogP contribution in [-0.4, -0.2) is 42.0 Å². The van der Waals surface area contributed by atoms with E-state index in [9.17, 15) is 14.4 Å². The van der Waals surface area contributed by atoms with E-state index in [0.29, 0.717) is 17.7 Å². The molecule has 2 rings (SSSR count). The molecule has 7 nitrogen and oxygen atoms in total. The number of urea groups is 1. The first-order valence-corrected chi connectivity index (χ1v) is 9.51. The minimum Gasteiger partial charge on any atom is -0.446 e. The van der Waals surface area contributed by atoms with Crippen LogP contribution in [0.15, 0.2) is 30.3 Å². The van der Waals surface area contributed by atoms with Gasteiger partial charge < -0.3 is 21.1 Å². The number of nitrogens with two attached hydrogens (primary N) is 1. The highest BCUT2D eigenvalue weighted by atomic mass is 32.2. The maximum Gasteiger partial charge on any atom is 0.329 e. The second-order valence-electron chi connectivity index (χ2n) is 5.85. The molecule has 8 heteroatoms. The second-order valence-corrected chi connectivity index (χ2v) is 6.84. The number of nitrogens with one attached hydrogen (secondary N) is 2. The number of carbonyl (C=O) groups excluding carboxylic acids is 3. The van der Waals surface area contributed by atoms with Gasteiger partial charge in [0.05, 0.1) is 0 Å². The lowest BCUT2D eigenvalue weighted by Gasteiger charge is -2.22. The summed E-state index contributed by atoms with van der Waals surface area (Å²) in [6, 6.07) is 7.27. The summed E-state index contributed by atoms with van der Waals surface area (Å²) in [5.41, 5.74) is 5.72. The van der Waals surface area contributed by atoms with Crippen molar-refractivity contribution >= 4 is 29.7 Å². The Balaban J connectivity index is 2.11. The molecule has 0 spiro atoms. The molecule has 0 radical (unpaired) electrons. The van der Waals surface area contributed by atoms with E-state index in [1.165, 1.54) is 11.8 Å². The fourth-order valence-electron chi connectivity index (χ4n) is 2.26. The smallest absolute Gasteiger partial charge is 0.329 e. The van der Waals surface area contributed by atoms with E-state index in [2.05, 4.69) is 10.6 Å². The van der Waals surface area contributed by atoms with Gasteiger partial charge in [-0.05, 0) is 31.3 Å². The number of primary amides is 1. The van der Waals surface area contributed by atoms with Gasteiger partial charge in [-0.1, -0.05) is 30.3 Å². The molecule has 0 aliphatic heterocycles. The van der Waals surface area contributed by atoms with E-state index >= 15 is 0 Å². The largest absolute Gasteiger partial charge is 0.446 e. The van der Waals surface area contributed by atoms with Crippen LogP contribution >= 0.6 is 11.8 Å². The van der Waals surface area contributed by atoms with Crippen LogP contribution in [0.4, 0.5) is 4.79 Å². The first-order valence-electron chi connectivity index (χ1n) is 8.12.